The van der Waals surface area contributed by atoms with Gasteiger partial charge in [0.1, 0.15) is 11.6 Å². The first-order valence-electron chi connectivity index (χ1n) is 3.46. The molecular formula is C9H10N2O. The molecule has 0 aliphatic carbocycles. The predicted octanol–water partition coefficient (Wildman–Crippen LogP) is 1.75. The molecule has 1 rings (SSSR count). The lowest BCUT2D eigenvalue weighted by Gasteiger charge is -1.93. The first-order chi connectivity index (χ1) is 5.68. The Hall–Kier alpha value is -1.77. The molecule has 0 aromatic carbocycles. The highest BCUT2D eigenvalue weighted by atomic mass is 16.3. The van der Waals surface area contributed by atoms with Crippen molar-refractivity contribution in [3.63, 3.8) is 0 Å². The Bertz CT molecular complexity index is 301. The number of hydrogen-bond acceptors (Lipinski definition) is 3. The summed E-state index contributed by atoms with van der Waals surface area (Å²) in [5.41, 5.74) is 6.25. The number of aliphatic hydroxyl groups is 1. The van der Waals surface area contributed by atoms with Crippen molar-refractivity contribution >= 4 is 11.9 Å². The van der Waals surface area contributed by atoms with Crippen LogP contribution in [0, 0.1) is 0 Å². The molecule has 0 aliphatic heterocycles. The Morgan fingerprint density at radius 3 is 2.83 bits per heavy atom. The van der Waals surface area contributed by atoms with Crippen LogP contribution in [0.5, 0.6) is 0 Å². The molecule has 62 valence electrons. The number of nitrogens with zero attached hydrogens (tertiary/aromatic N) is 1. The van der Waals surface area contributed by atoms with E-state index >= 15 is 0 Å². The maximum atomic E-state index is 8.74. The molecule has 0 fully saturated rings. The summed E-state index contributed by atoms with van der Waals surface area (Å²) in [6.07, 6.45) is 4.82. The normalized spacial score (nSPS) is 10.3. The van der Waals surface area contributed by atoms with Crippen LogP contribution >= 0.6 is 0 Å². The van der Waals surface area contributed by atoms with Gasteiger partial charge in [-0.05, 0) is 29.8 Å². The van der Waals surface area contributed by atoms with Gasteiger partial charge in [-0.3, -0.25) is 0 Å². The number of nitrogen functional groups attached to an aromatic ring is 1. The highest BCUT2D eigenvalue weighted by Gasteiger charge is 1.87. The summed E-state index contributed by atoms with van der Waals surface area (Å²) in [7, 11) is 0. The lowest BCUT2D eigenvalue weighted by Crippen LogP contribution is -1.88. The zero-order valence-corrected chi connectivity index (χ0v) is 6.57. The van der Waals surface area contributed by atoms with Crippen LogP contribution in [0.3, 0.4) is 0 Å². The van der Waals surface area contributed by atoms with Gasteiger partial charge < -0.3 is 10.8 Å². The second kappa shape index (κ2) is 3.57. The summed E-state index contributed by atoms with van der Waals surface area (Å²) in [5, 5.41) is 8.74. The number of nitrogens with two attached hydrogens (primary N) is 1. The fourth-order valence-electron chi connectivity index (χ4n) is 0.708. The van der Waals surface area contributed by atoms with E-state index in [9.17, 15) is 0 Å². The number of allylic oxidation sites excluding steroid dienone is 1. The summed E-state index contributed by atoms with van der Waals surface area (Å²) in [6.45, 7) is 3.31. The van der Waals surface area contributed by atoms with Crippen molar-refractivity contribution in [2.24, 2.45) is 0 Å². The van der Waals surface area contributed by atoms with E-state index in [1.165, 1.54) is 6.08 Å². The molecule has 1 heterocycles. The minimum atomic E-state index is 0.0202. The SMILES string of the molecule is C=C(O)/C=C/c1ccc(N)nc1. The highest BCUT2D eigenvalue weighted by molar-refractivity contribution is 5.51. The van der Waals surface area contributed by atoms with E-state index < -0.39 is 0 Å². The lowest BCUT2D eigenvalue weighted by atomic mass is 10.2. The zero-order chi connectivity index (χ0) is 8.97. The molecule has 0 unspecified atom stereocenters. The van der Waals surface area contributed by atoms with E-state index in [1.54, 1.807) is 18.3 Å². The molecule has 12 heavy (non-hydrogen) atoms. The number of aromatic nitrogens is 1. The largest absolute Gasteiger partial charge is 0.509 e. The van der Waals surface area contributed by atoms with E-state index in [-0.39, 0.29) is 5.76 Å². The predicted molar refractivity (Wildman–Crippen MR) is 49.5 cm³/mol. The minimum absolute atomic E-state index is 0.0202. The summed E-state index contributed by atoms with van der Waals surface area (Å²) in [4.78, 5) is 3.87. The van der Waals surface area contributed by atoms with Gasteiger partial charge in [0.25, 0.3) is 0 Å². The molecule has 0 bridgehead atoms. The third-order valence-corrected chi connectivity index (χ3v) is 1.28. The molecule has 0 saturated carbocycles. The smallest absolute Gasteiger partial charge is 0.123 e. The Balaban J connectivity index is 2.77. The molecule has 0 aliphatic rings. The van der Waals surface area contributed by atoms with Gasteiger partial charge in [-0.15, -0.1) is 0 Å². The average Bonchev–Trinajstić information content (AvgIpc) is 2.03. The van der Waals surface area contributed by atoms with E-state index in [2.05, 4.69) is 11.6 Å². The Morgan fingerprint density at radius 1 is 1.58 bits per heavy atom. The molecule has 3 heteroatoms. The van der Waals surface area contributed by atoms with Crippen LogP contribution < -0.4 is 5.73 Å². The monoisotopic (exact) mass is 162 g/mol. The van der Waals surface area contributed by atoms with Gasteiger partial charge in [0.05, 0.1) is 0 Å². The Morgan fingerprint density at radius 2 is 2.33 bits per heavy atom. The molecule has 0 saturated heterocycles. The maximum Gasteiger partial charge on any atom is 0.123 e. The van der Waals surface area contributed by atoms with Gasteiger partial charge in [-0.2, -0.15) is 0 Å². The standard InChI is InChI=1S/C9H10N2O/c1-7(12)2-3-8-4-5-9(10)11-6-8/h2-6,12H,1H2,(H2,10,11)/b3-2+. The maximum absolute atomic E-state index is 8.74. The summed E-state index contributed by atoms with van der Waals surface area (Å²) >= 11 is 0. The van der Waals surface area contributed by atoms with Crippen LogP contribution in [-0.2, 0) is 0 Å². The molecule has 1 aromatic rings. The summed E-state index contributed by atoms with van der Waals surface area (Å²) in [6, 6.07) is 3.50. The number of pyridine rings is 1. The fraction of sp³-hybridized carbons (Fsp3) is 0. The van der Waals surface area contributed by atoms with Crippen molar-refractivity contribution in [3.05, 3.63) is 42.3 Å². The fourth-order valence-corrected chi connectivity index (χ4v) is 0.708. The average molecular weight is 162 g/mol. The van der Waals surface area contributed by atoms with Crippen molar-refractivity contribution in [1.82, 2.24) is 4.98 Å². The molecule has 0 radical (unpaired) electrons. The van der Waals surface area contributed by atoms with Crippen molar-refractivity contribution in [2.75, 3.05) is 5.73 Å². The second-order valence-electron chi connectivity index (χ2n) is 2.34. The number of hydrogen-bond donors (Lipinski definition) is 2. The number of aliphatic hydroxyl groups excluding tert-OH is 1. The van der Waals surface area contributed by atoms with Crippen LogP contribution in [0.4, 0.5) is 5.82 Å². The van der Waals surface area contributed by atoms with Crippen molar-refractivity contribution in [2.45, 2.75) is 0 Å². The first-order valence-corrected chi connectivity index (χ1v) is 3.46. The van der Waals surface area contributed by atoms with Gasteiger partial charge in [0, 0.05) is 6.20 Å². The number of rotatable bonds is 2. The van der Waals surface area contributed by atoms with E-state index in [0.717, 1.165) is 5.56 Å². The van der Waals surface area contributed by atoms with Crippen LogP contribution in [0.1, 0.15) is 5.56 Å². The molecule has 0 atom stereocenters. The first kappa shape index (κ1) is 8.33. The third kappa shape index (κ3) is 2.46. The van der Waals surface area contributed by atoms with Crippen LogP contribution in [0.15, 0.2) is 36.7 Å². The molecule has 0 spiro atoms. The molecule has 0 amide bonds. The van der Waals surface area contributed by atoms with Crippen LogP contribution in [0.25, 0.3) is 6.08 Å². The zero-order valence-electron chi connectivity index (χ0n) is 6.57. The van der Waals surface area contributed by atoms with Gasteiger partial charge in [0.2, 0.25) is 0 Å². The molecule has 3 nitrogen and oxygen atoms in total. The van der Waals surface area contributed by atoms with E-state index in [4.69, 9.17) is 10.8 Å². The second-order valence-corrected chi connectivity index (χ2v) is 2.34. The topological polar surface area (TPSA) is 59.1 Å². The van der Waals surface area contributed by atoms with E-state index in [0.29, 0.717) is 5.82 Å². The molecule has 1 aromatic heterocycles. The molecular weight excluding hydrogens is 152 g/mol. The van der Waals surface area contributed by atoms with Crippen molar-refractivity contribution in [3.8, 4) is 0 Å². The lowest BCUT2D eigenvalue weighted by molar-refractivity contribution is 0.436. The Kier molecular flexibility index (Phi) is 2.48. The number of anilines is 1. The van der Waals surface area contributed by atoms with Gasteiger partial charge in [-0.25, -0.2) is 4.98 Å². The van der Waals surface area contributed by atoms with Gasteiger partial charge in [0.15, 0.2) is 0 Å². The van der Waals surface area contributed by atoms with Crippen molar-refractivity contribution in [1.29, 1.82) is 0 Å². The Labute approximate surface area is 70.9 Å². The highest BCUT2D eigenvalue weighted by Crippen LogP contribution is 2.03. The minimum Gasteiger partial charge on any atom is -0.509 e. The third-order valence-electron chi connectivity index (χ3n) is 1.28. The van der Waals surface area contributed by atoms with Crippen LogP contribution in [-0.4, -0.2) is 10.1 Å². The van der Waals surface area contributed by atoms with Gasteiger partial charge in [-0.1, -0.05) is 6.58 Å². The van der Waals surface area contributed by atoms with Crippen LogP contribution in [0.2, 0.25) is 0 Å². The van der Waals surface area contributed by atoms with Crippen molar-refractivity contribution < 1.29 is 5.11 Å². The van der Waals surface area contributed by atoms with Gasteiger partial charge >= 0.3 is 0 Å². The summed E-state index contributed by atoms with van der Waals surface area (Å²) in [5.74, 6) is 0.502. The quantitative estimate of drug-likeness (QED) is 0.514. The molecule has 3 N–H and O–H groups in total. The summed E-state index contributed by atoms with van der Waals surface area (Å²) < 4.78 is 0. The van der Waals surface area contributed by atoms with E-state index in [1.807, 2.05) is 6.07 Å².